The van der Waals surface area contributed by atoms with E-state index in [0.29, 0.717) is 43.8 Å². The van der Waals surface area contributed by atoms with Crippen molar-refractivity contribution in [2.24, 2.45) is 5.92 Å². The number of carbonyl (C=O) groups excluding carboxylic acids is 2. The molecule has 1 aliphatic carbocycles. The van der Waals surface area contributed by atoms with Gasteiger partial charge in [-0.2, -0.15) is 0 Å². The molecule has 0 radical (unpaired) electrons. The Morgan fingerprint density at radius 2 is 1.78 bits per heavy atom. The molecule has 2 aromatic rings. The molecule has 0 aromatic heterocycles. The minimum Gasteiger partial charge on any atom is -0.490 e. The van der Waals surface area contributed by atoms with E-state index in [4.69, 9.17) is 18.9 Å². The molecule has 1 saturated carbocycles. The second-order valence-electron chi connectivity index (χ2n) is 7.33. The third kappa shape index (κ3) is 8.34. The van der Waals surface area contributed by atoms with Crippen molar-refractivity contribution in [3.05, 3.63) is 60.2 Å². The van der Waals surface area contributed by atoms with E-state index in [1.54, 1.807) is 18.2 Å². The number of para-hydroxylation sites is 1. The van der Waals surface area contributed by atoms with Crippen molar-refractivity contribution in [2.75, 3.05) is 33.0 Å². The topological polar surface area (TPSA) is 83.1 Å². The molecule has 1 aliphatic rings. The minimum absolute atomic E-state index is 0.141. The maximum Gasteiger partial charge on any atom is 0.325 e. The van der Waals surface area contributed by atoms with Gasteiger partial charge in [0.2, 0.25) is 5.91 Å². The summed E-state index contributed by atoms with van der Waals surface area (Å²) in [6.45, 7) is 3.44. The van der Waals surface area contributed by atoms with Gasteiger partial charge in [0.15, 0.2) is 11.5 Å². The van der Waals surface area contributed by atoms with Gasteiger partial charge in [-0.15, -0.1) is 0 Å². The summed E-state index contributed by atoms with van der Waals surface area (Å²) in [5, 5.41) is 2.53. The van der Waals surface area contributed by atoms with Gasteiger partial charge in [-0.3, -0.25) is 9.59 Å². The fourth-order valence-electron chi connectivity index (χ4n) is 2.78. The zero-order chi connectivity index (χ0) is 22.6. The molecule has 0 saturated heterocycles. The van der Waals surface area contributed by atoms with Gasteiger partial charge >= 0.3 is 5.97 Å². The number of hydrogen-bond acceptors (Lipinski definition) is 6. The largest absolute Gasteiger partial charge is 0.490 e. The summed E-state index contributed by atoms with van der Waals surface area (Å²) in [6.07, 6.45) is 5.23. The normalized spacial score (nSPS) is 12.9. The number of nitrogens with one attached hydrogen (secondary N) is 1. The fourth-order valence-corrected chi connectivity index (χ4v) is 2.78. The monoisotopic (exact) mass is 439 g/mol. The van der Waals surface area contributed by atoms with Crippen LogP contribution in [0.1, 0.15) is 25.3 Å². The molecule has 0 spiro atoms. The van der Waals surface area contributed by atoms with E-state index < -0.39 is 5.97 Å². The zero-order valence-corrected chi connectivity index (χ0v) is 18.3. The van der Waals surface area contributed by atoms with Gasteiger partial charge in [0.1, 0.15) is 25.5 Å². The van der Waals surface area contributed by atoms with Crippen LogP contribution >= 0.6 is 0 Å². The van der Waals surface area contributed by atoms with Gasteiger partial charge in [-0.1, -0.05) is 24.3 Å². The summed E-state index contributed by atoms with van der Waals surface area (Å²) >= 11 is 0. The van der Waals surface area contributed by atoms with Crippen molar-refractivity contribution >= 4 is 18.0 Å². The van der Waals surface area contributed by atoms with Crippen molar-refractivity contribution in [3.63, 3.8) is 0 Å². The quantitative estimate of drug-likeness (QED) is 0.292. The highest BCUT2D eigenvalue weighted by Gasteiger charge is 2.22. The Hall–Kier alpha value is -3.48. The Morgan fingerprint density at radius 3 is 2.53 bits per heavy atom. The highest BCUT2D eigenvalue weighted by Crippen LogP contribution is 2.29. The first-order valence-electron chi connectivity index (χ1n) is 10.8. The summed E-state index contributed by atoms with van der Waals surface area (Å²) in [7, 11) is 0. The number of amides is 1. The molecule has 1 fully saturated rings. The van der Waals surface area contributed by atoms with Gasteiger partial charge < -0.3 is 24.3 Å². The molecule has 3 rings (SSSR count). The number of benzene rings is 2. The summed E-state index contributed by atoms with van der Waals surface area (Å²) < 4.78 is 22.2. The van der Waals surface area contributed by atoms with Gasteiger partial charge in [0.05, 0.1) is 13.2 Å². The van der Waals surface area contributed by atoms with Crippen LogP contribution in [0.4, 0.5) is 0 Å². The SMILES string of the molecule is CCOc1cc(/C=C/C(=O)NCC(=O)OCC2CC2)ccc1OCCOc1ccccc1. The molecule has 0 atom stereocenters. The van der Waals surface area contributed by atoms with Crippen LogP contribution in [0.3, 0.4) is 0 Å². The minimum atomic E-state index is -0.421. The lowest BCUT2D eigenvalue weighted by molar-refractivity contribution is -0.144. The molecule has 2 aromatic carbocycles. The predicted molar refractivity (Wildman–Crippen MR) is 121 cm³/mol. The summed E-state index contributed by atoms with van der Waals surface area (Å²) in [5.74, 6) is 1.68. The smallest absolute Gasteiger partial charge is 0.325 e. The summed E-state index contributed by atoms with van der Waals surface area (Å²) in [6, 6.07) is 14.9. The molecule has 32 heavy (non-hydrogen) atoms. The number of carbonyl (C=O) groups is 2. The standard InChI is InChI=1S/C25H29NO6/c1-2-29-23-16-19(11-13-24(27)26-17-25(28)32-18-20-8-9-20)10-12-22(23)31-15-14-30-21-6-4-3-5-7-21/h3-7,10-13,16,20H,2,8-9,14-15,17-18H2,1H3,(H,26,27)/b13-11+. The molecule has 170 valence electrons. The van der Waals surface area contributed by atoms with Crippen molar-refractivity contribution in [3.8, 4) is 17.2 Å². The molecule has 7 heteroatoms. The number of rotatable bonds is 13. The number of ether oxygens (including phenoxy) is 4. The lowest BCUT2D eigenvalue weighted by Gasteiger charge is -2.13. The molecule has 1 amide bonds. The third-order valence-corrected chi connectivity index (χ3v) is 4.63. The van der Waals surface area contributed by atoms with Crippen LogP contribution in [-0.2, 0) is 14.3 Å². The fraction of sp³-hybridized carbons (Fsp3) is 0.360. The molecule has 7 nitrogen and oxygen atoms in total. The molecule has 0 bridgehead atoms. The lowest BCUT2D eigenvalue weighted by Crippen LogP contribution is -2.29. The zero-order valence-electron chi connectivity index (χ0n) is 18.3. The molecule has 1 N–H and O–H groups in total. The van der Waals surface area contributed by atoms with E-state index in [-0.39, 0.29) is 12.5 Å². The first kappa shape index (κ1) is 23.2. The molecular weight excluding hydrogens is 410 g/mol. The first-order valence-corrected chi connectivity index (χ1v) is 10.8. The highest BCUT2D eigenvalue weighted by atomic mass is 16.5. The third-order valence-electron chi connectivity index (χ3n) is 4.63. The Labute approximate surface area is 188 Å². The van der Waals surface area contributed by atoms with Gasteiger partial charge in [0, 0.05) is 6.08 Å². The van der Waals surface area contributed by atoms with E-state index in [1.807, 2.05) is 43.3 Å². The van der Waals surface area contributed by atoms with Crippen LogP contribution in [0.5, 0.6) is 17.2 Å². The predicted octanol–water partition coefficient (Wildman–Crippen LogP) is 3.63. The molecule has 0 unspecified atom stereocenters. The summed E-state index contributed by atoms with van der Waals surface area (Å²) in [5.41, 5.74) is 0.771. The van der Waals surface area contributed by atoms with Gasteiger partial charge in [-0.05, 0) is 61.6 Å². The van der Waals surface area contributed by atoms with E-state index >= 15 is 0 Å². The van der Waals surface area contributed by atoms with Gasteiger partial charge in [-0.25, -0.2) is 0 Å². The highest BCUT2D eigenvalue weighted by molar-refractivity contribution is 5.93. The summed E-state index contributed by atoms with van der Waals surface area (Å²) in [4.78, 5) is 23.6. The van der Waals surface area contributed by atoms with Crippen molar-refractivity contribution in [1.82, 2.24) is 5.32 Å². The van der Waals surface area contributed by atoms with Crippen LogP contribution in [0.2, 0.25) is 0 Å². The first-order chi connectivity index (χ1) is 15.6. The average molecular weight is 440 g/mol. The van der Waals surface area contributed by atoms with E-state index in [1.165, 1.54) is 6.08 Å². The van der Waals surface area contributed by atoms with Crippen LogP contribution < -0.4 is 19.5 Å². The van der Waals surface area contributed by atoms with Crippen LogP contribution in [0, 0.1) is 5.92 Å². The average Bonchev–Trinajstić information content (AvgIpc) is 3.64. The molecular formula is C25H29NO6. The van der Waals surface area contributed by atoms with Crippen LogP contribution in [-0.4, -0.2) is 44.8 Å². The second kappa shape index (κ2) is 12.4. The Bertz CT molecular complexity index is 908. The lowest BCUT2D eigenvalue weighted by atomic mass is 10.2. The maximum absolute atomic E-state index is 12.0. The van der Waals surface area contributed by atoms with E-state index in [0.717, 1.165) is 24.2 Å². The van der Waals surface area contributed by atoms with Crippen LogP contribution in [0.15, 0.2) is 54.6 Å². The molecule has 0 aliphatic heterocycles. The maximum atomic E-state index is 12.0. The second-order valence-corrected chi connectivity index (χ2v) is 7.33. The van der Waals surface area contributed by atoms with Crippen LogP contribution in [0.25, 0.3) is 6.08 Å². The Kier molecular flexibility index (Phi) is 8.98. The van der Waals surface area contributed by atoms with Gasteiger partial charge in [0.25, 0.3) is 0 Å². The number of hydrogen-bond donors (Lipinski definition) is 1. The molecule has 0 heterocycles. The van der Waals surface area contributed by atoms with E-state index in [2.05, 4.69) is 5.32 Å². The Morgan fingerprint density at radius 1 is 1.00 bits per heavy atom. The van der Waals surface area contributed by atoms with Crippen molar-refractivity contribution in [1.29, 1.82) is 0 Å². The Balaban J connectivity index is 1.45. The number of esters is 1. The van der Waals surface area contributed by atoms with Crippen molar-refractivity contribution in [2.45, 2.75) is 19.8 Å². The van der Waals surface area contributed by atoms with E-state index in [9.17, 15) is 9.59 Å². The van der Waals surface area contributed by atoms with Crippen molar-refractivity contribution < 1.29 is 28.5 Å².